The molecule has 4 N–H and O–H groups in total. The van der Waals surface area contributed by atoms with E-state index in [9.17, 15) is 19.2 Å². The van der Waals surface area contributed by atoms with Gasteiger partial charge in [-0.3, -0.25) is 0 Å². The fourth-order valence-corrected chi connectivity index (χ4v) is 4.14. The minimum atomic E-state index is -1.33. The first-order valence-electron chi connectivity index (χ1n) is 7.67. The maximum Gasteiger partial charge on any atom is 0.336 e. The van der Waals surface area contributed by atoms with E-state index in [-0.39, 0.29) is 22.3 Å². The van der Waals surface area contributed by atoms with Crippen molar-refractivity contribution in [2.24, 2.45) is 0 Å². The Kier molecular flexibility index (Phi) is 7.07. The van der Waals surface area contributed by atoms with Crippen LogP contribution in [0.5, 0.6) is 0 Å². The zero-order valence-corrected chi connectivity index (χ0v) is 15.7. The Hall–Kier alpha value is -2.98. The summed E-state index contributed by atoms with van der Waals surface area (Å²) in [5, 5.41) is 36.3. The van der Waals surface area contributed by atoms with Gasteiger partial charge in [-0.1, -0.05) is 0 Å². The molecule has 146 valence electrons. The number of carbonyl (C=O) groups is 4. The minimum absolute atomic E-state index is 0.286. The van der Waals surface area contributed by atoms with Crippen molar-refractivity contribution in [3.63, 3.8) is 0 Å². The van der Waals surface area contributed by atoms with E-state index < -0.39 is 23.9 Å². The Balaban J connectivity index is 2.01. The molecule has 0 aliphatic heterocycles. The second-order valence-corrected chi connectivity index (χ2v) is 7.67. The van der Waals surface area contributed by atoms with Crippen LogP contribution in [0.1, 0.15) is 41.4 Å². The van der Waals surface area contributed by atoms with Gasteiger partial charge in [0.2, 0.25) is 0 Å². The molecule has 2 aromatic carbocycles. The Morgan fingerprint density at radius 2 is 0.893 bits per heavy atom. The van der Waals surface area contributed by atoms with E-state index in [4.69, 9.17) is 20.4 Å². The Morgan fingerprint density at radius 3 is 1.18 bits per heavy atom. The molecule has 0 amide bonds. The molecule has 0 atom stereocenters. The molecule has 0 bridgehead atoms. The van der Waals surface area contributed by atoms with E-state index in [0.29, 0.717) is 21.3 Å². The van der Waals surface area contributed by atoms with Crippen molar-refractivity contribution in [2.45, 2.75) is 9.79 Å². The summed E-state index contributed by atoms with van der Waals surface area (Å²) in [6.07, 6.45) is 0. The monoisotopic (exact) mass is 422 g/mol. The first-order valence-corrected chi connectivity index (χ1v) is 9.64. The second-order valence-electron chi connectivity index (χ2n) is 5.33. The third-order valence-electron chi connectivity index (χ3n) is 3.52. The highest BCUT2D eigenvalue weighted by molar-refractivity contribution is 8.03. The number of rotatable bonds is 9. The highest BCUT2D eigenvalue weighted by Gasteiger charge is 2.17. The van der Waals surface area contributed by atoms with Crippen molar-refractivity contribution >= 4 is 47.4 Å². The third-order valence-corrected chi connectivity index (χ3v) is 5.77. The van der Waals surface area contributed by atoms with Crippen LogP contribution in [0, 0.1) is 0 Å². The number of carboxylic acids is 4. The van der Waals surface area contributed by atoms with Gasteiger partial charge in [0.1, 0.15) is 0 Å². The van der Waals surface area contributed by atoms with Crippen LogP contribution < -0.4 is 0 Å². The highest BCUT2D eigenvalue weighted by atomic mass is 32.2. The molecular weight excluding hydrogens is 408 g/mol. The van der Waals surface area contributed by atoms with Gasteiger partial charge < -0.3 is 20.4 Å². The van der Waals surface area contributed by atoms with Gasteiger partial charge >= 0.3 is 23.9 Å². The van der Waals surface area contributed by atoms with E-state index >= 15 is 0 Å². The lowest BCUT2D eigenvalue weighted by Crippen LogP contribution is -2.08. The lowest BCUT2D eigenvalue weighted by Gasteiger charge is -2.07. The van der Waals surface area contributed by atoms with Gasteiger partial charge in [-0.15, -0.1) is 23.5 Å². The van der Waals surface area contributed by atoms with Gasteiger partial charge in [-0.05, 0) is 36.4 Å². The number of hydrogen-bond donors (Lipinski definition) is 4. The summed E-state index contributed by atoms with van der Waals surface area (Å²) < 4.78 is 0. The third kappa shape index (κ3) is 5.27. The van der Waals surface area contributed by atoms with Crippen molar-refractivity contribution in [3.8, 4) is 0 Å². The predicted molar refractivity (Wildman–Crippen MR) is 102 cm³/mol. The van der Waals surface area contributed by atoms with E-state index in [1.54, 1.807) is 0 Å². The first-order chi connectivity index (χ1) is 13.2. The molecule has 10 heteroatoms. The fraction of sp³-hybridized carbons (Fsp3) is 0.111. The van der Waals surface area contributed by atoms with E-state index in [1.807, 2.05) is 0 Å². The molecule has 0 heterocycles. The number of aromatic carboxylic acids is 4. The average Bonchev–Trinajstić information content (AvgIpc) is 2.64. The molecule has 0 aliphatic rings. The summed E-state index contributed by atoms with van der Waals surface area (Å²) in [5.41, 5.74) is -1.15. The van der Waals surface area contributed by atoms with Gasteiger partial charge in [-0.25, -0.2) is 19.2 Å². The van der Waals surface area contributed by atoms with Crippen LogP contribution >= 0.6 is 23.5 Å². The normalized spacial score (nSPS) is 10.4. The summed E-state index contributed by atoms with van der Waals surface area (Å²) in [7, 11) is 0. The highest BCUT2D eigenvalue weighted by Crippen LogP contribution is 2.26. The minimum Gasteiger partial charge on any atom is -0.478 e. The van der Waals surface area contributed by atoms with Gasteiger partial charge in [0.05, 0.1) is 22.3 Å². The van der Waals surface area contributed by atoms with Crippen LogP contribution in [-0.2, 0) is 0 Å². The molecule has 0 fully saturated rings. The SMILES string of the molecule is O=C(O)c1ccc(SCCSc2ccc(C(=O)O)c(C(=O)O)c2)cc1C(=O)O. The molecule has 28 heavy (non-hydrogen) atoms. The summed E-state index contributed by atoms with van der Waals surface area (Å²) in [6.45, 7) is 0. The number of thioether (sulfide) groups is 2. The Bertz CT molecular complexity index is 877. The lowest BCUT2D eigenvalue weighted by molar-refractivity contribution is 0.0651. The van der Waals surface area contributed by atoms with Crippen LogP contribution in [0.3, 0.4) is 0 Å². The van der Waals surface area contributed by atoms with Gasteiger partial charge in [0.25, 0.3) is 0 Å². The number of hydrogen-bond acceptors (Lipinski definition) is 6. The predicted octanol–water partition coefficient (Wildman–Crippen LogP) is 3.36. The van der Waals surface area contributed by atoms with E-state index in [2.05, 4.69) is 0 Å². The molecule has 0 unspecified atom stereocenters. The zero-order valence-electron chi connectivity index (χ0n) is 14.1. The molecule has 8 nitrogen and oxygen atoms in total. The summed E-state index contributed by atoms with van der Waals surface area (Å²) in [4.78, 5) is 45.7. The number of benzene rings is 2. The molecule has 0 saturated carbocycles. The topological polar surface area (TPSA) is 149 Å². The fourth-order valence-electron chi connectivity index (χ4n) is 2.27. The summed E-state index contributed by atoms with van der Waals surface area (Å²) in [5.74, 6) is -4.20. The van der Waals surface area contributed by atoms with Crippen molar-refractivity contribution < 1.29 is 39.6 Å². The maximum absolute atomic E-state index is 11.2. The van der Waals surface area contributed by atoms with Crippen LogP contribution in [-0.4, -0.2) is 55.8 Å². The molecule has 0 aromatic heterocycles. The molecule has 2 aromatic rings. The molecule has 0 spiro atoms. The van der Waals surface area contributed by atoms with Gasteiger partial charge in [0.15, 0.2) is 0 Å². The van der Waals surface area contributed by atoms with Crippen LogP contribution in [0.15, 0.2) is 46.2 Å². The van der Waals surface area contributed by atoms with E-state index in [0.717, 1.165) is 0 Å². The van der Waals surface area contributed by atoms with Gasteiger partial charge in [0, 0.05) is 21.3 Å². The first kappa shape index (κ1) is 21.3. The molecule has 0 radical (unpaired) electrons. The smallest absolute Gasteiger partial charge is 0.336 e. The lowest BCUT2D eigenvalue weighted by atomic mass is 10.1. The molecule has 0 saturated heterocycles. The molecule has 0 aliphatic carbocycles. The van der Waals surface area contributed by atoms with Crippen LogP contribution in [0.25, 0.3) is 0 Å². The molecule has 2 rings (SSSR count). The maximum atomic E-state index is 11.2. The molecular formula is C18H14O8S2. The van der Waals surface area contributed by atoms with Crippen LogP contribution in [0.4, 0.5) is 0 Å². The summed E-state index contributed by atoms with van der Waals surface area (Å²) >= 11 is 2.65. The van der Waals surface area contributed by atoms with Crippen molar-refractivity contribution in [2.75, 3.05) is 11.5 Å². The van der Waals surface area contributed by atoms with Crippen LogP contribution in [0.2, 0.25) is 0 Å². The Labute approximate surface area is 167 Å². The largest absolute Gasteiger partial charge is 0.478 e. The quantitative estimate of drug-likeness (QED) is 0.350. The van der Waals surface area contributed by atoms with E-state index in [1.165, 1.54) is 59.9 Å². The summed E-state index contributed by atoms with van der Waals surface area (Å²) in [6, 6.07) is 8.12. The average molecular weight is 422 g/mol. The van der Waals surface area contributed by atoms with Crippen molar-refractivity contribution in [1.29, 1.82) is 0 Å². The second kappa shape index (κ2) is 9.29. The Morgan fingerprint density at radius 1 is 0.571 bits per heavy atom. The van der Waals surface area contributed by atoms with Crippen molar-refractivity contribution in [3.05, 3.63) is 58.7 Å². The van der Waals surface area contributed by atoms with Crippen molar-refractivity contribution in [1.82, 2.24) is 0 Å². The number of carboxylic acid groups (broad SMARTS) is 4. The standard InChI is InChI=1S/C18H14O8S2/c19-15(20)11-3-1-9(7-13(11)17(23)24)27-5-6-28-10-2-4-12(16(21)22)14(8-10)18(25)26/h1-4,7-8H,5-6H2,(H,19,20)(H,21,22)(H,23,24)(H,25,26). The van der Waals surface area contributed by atoms with Gasteiger partial charge in [-0.2, -0.15) is 0 Å². The zero-order chi connectivity index (χ0) is 20.8.